The predicted molar refractivity (Wildman–Crippen MR) is 131 cm³/mol. The molecule has 1 atom stereocenters. The first kappa shape index (κ1) is 20.5. The summed E-state index contributed by atoms with van der Waals surface area (Å²) < 4.78 is 0. The fourth-order valence-corrected chi connectivity index (χ4v) is 4.04. The molecule has 0 aliphatic carbocycles. The average molecular weight is 437 g/mol. The molecule has 3 aromatic heterocycles. The second kappa shape index (κ2) is 8.63. The molecule has 1 amide bonds. The second-order valence-electron chi connectivity index (χ2n) is 8.06. The molecule has 3 heterocycles. The van der Waals surface area contributed by atoms with Crippen molar-refractivity contribution in [2.75, 3.05) is 5.32 Å². The highest BCUT2D eigenvalue weighted by Crippen LogP contribution is 2.34. The van der Waals surface area contributed by atoms with Crippen LogP contribution in [-0.2, 0) is 11.2 Å². The van der Waals surface area contributed by atoms with Crippen molar-refractivity contribution in [1.29, 1.82) is 0 Å². The number of pyridine rings is 1. The molecule has 0 aliphatic heterocycles. The standard InChI is InChI=1S/C26H24N6O/c1-16-20-13-18(9-10-22(20)32-31-16)21-14-19(15-29-25(21)23-8-5-11-28-23)30-24(26(27)33)12-17-6-3-2-4-7-17/h2-11,13-15,24,28,30H,12H2,1H3,(H2,27,33)(H,31,32)/t24-/m0/s1. The first-order valence-corrected chi connectivity index (χ1v) is 10.8. The number of aromatic nitrogens is 4. The van der Waals surface area contributed by atoms with Gasteiger partial charge in [-0.15, -0.1) is 0 Å². The minimum atomic E-state index is -0.558. The molecule has 0 spiro atoms. The zero-order chi connectivity index (χ0) is 22.8. The van der Waals surface area contributed by atoms with Gasteiger partial charge in [-0.2, -0.15) is 5.10 Å². The Morgan fingerprint density at radius 3 is 2.70 bits per heavy atom. The van der Waals surface area contributed by atoms with Crippen molar-refractivity contribution < 1.29 is 4.79 Å². The summed E-state index contributed by atoms with van der Waals surface area (Å²) in [6.45, 7) is 1.98. The number of nitrogens with two attached hydrogens (primary N) is 1. The molecular formula is C26H24N6O. The van der Waals surface area contributed by atoms with E-state index < -0.39 is 11.9 Å². The smallest absolute Gasteiger partial charge is 0.240 e. The molecule has 164 valence electrons. The van der Waals surface area contributed by atoms with Gasteiger partial charge in [0, 0.05) is 23.6 Å². The number of carbonyl (C=O) groups is 1. The monoisotopic (exact) mass is 436 g/mol. The first-order chi connectivity index (χ1) is 16.1. The maximum absolute atomic E-state index is 12.2. The van der Waals surface area contributed by atoms with Crippen LogP contribution in [0.4, 0.5) is 5.69 Å². The number of amides is 1. The third-order valence-electron chi connectivity index (χ3n) is 5.77. The molecule has 0 saturated carbocycles. The number of carbonyl (C=O) groups excluding carboxylic acids is 1. The largest absolute Gasteiger partial charge is 0.372 e. The molecule has 5 rings (SSSR count). The summed E-state index contributed by atoms with van der Waals surface area (Å²) in [5.74, 6) is -0.413. The number of aryl methyl sites for hydroxylation is 1. The number of aromatic amines is 2. The maximum atomic E-state index is 12.2. The van der Waals surface area contributed by atoms with Crippen molar-refractivity contribution in [3.8, 4) is 22.5 Å². The highest BCUT2D eigenvalue weighted by molar-refractivity contribution is 5.90. The SMILES string of the molecule is Cc1n[nH]c2ccc(-c3cc(N[C@@H](Cc4ccccc4)C(N)=O)cnc3-c3ccc[nH]3)cc12. The Hall–Kier alpha value is -4.39. The number of anilines is 1. The first-order valence-electron chi connectivity index (χ1n) is 10.8. The number of benzene rings is 2. The molecule has 33 heavy (non-hydrogen) atoms. The quantitative estimate of drug-likeness (QED) is 0.302. The van der Waals surface area contributed by atoms with Crippen LogP contribution in [-0.4, -0.2) is 32.1 Å². The van der Waals surface area contributed by atoms with Crippen LogP contribution >= 0.6 is 0 Å². The number of rotatable bonds is 7. The van der Waals surface area contributed by atoms with E-state index in [0.717, 1.165) is 50.4 Å². The lowest BCUT2D eigenvalue weighted by molar-refractivity contribution is -0.118. The van der Waals surface area contributed by atoms with E-state index in [-0.39, 0.29) is 0 Å². The molecule has 0 bridgehead atoms. The minimum absolute atomic E-state index is 0.413. The van der Waals surface area contributed by atoms with Crippen molar-refractivity contribution in [1.82, 2.24) is 20.2 Å². The summed E-state index contributed by atoms with van der Waals surface area (Å²) in [6.07, 6.45) is 4.10. The Bertz CT molecular complexity index is 1410. The van der Waals surface area contributed by atoms with Gasteiger partial charge in [-0.3, -0.25) is 14.9 Å². The van der Waals surface area contributed by atoms with Crippen molar-refractivity contribution >= 4 is 22.5 Å². The number of fused-ring (bicyclic) bond motifs is 1. The van der Waals surface area contributed by atoms with Gasteiger partial charge in [0.25, 0.3) is 0 Å². The molecule has 5 N–H and O–H groups in total. The van der Waals surface area contributed by atoms with Gasteiger partial charge >= 0.3 is 0 Å². The Morgan fingerprint density at radius 2 is 1.94 bits per heavy atom. The third kappa shape index (κ3) is 4.21. The Labute approximate surface area is 191 Å². The number of nitrogens with one attached hydrogen (secondary N) is 3. The summed E-state index contributed by atoms with van der Waals surface area (Å²) in [4.78, 5) is 20.2. The molecule has 7 nitrogen and oxygen atoms in total. The van der Waals surface area contributed by atoms with E-state index >= 15 is 0 Å². The van der Waals surface area contributed by atoms with Gasteiger partial charge in [-0.05, 0) is 48.4 Å². The summed E-state index contributed by atoms with van der Waals surface area (Å²) in [6, 6.07) is 21.4. The zero-order valence-corrected chi connectivity index (χ0v) is 18.2. The average Bonchev–Trinajstić information content (AvgIpc) is 3.49. The number of primary amides is 1. The number of nitrogens with zero attached hydrogens (tertiary/aromatic N) is 2. The van der Waals surface area contributed by atoms with Crippen LogP contribution in [0.5, 0.6) is 0 Å². The van der Waals surface area contributed by atoms with Gasteiger partial charge in [-0.25, -0.2) is 0 Å². The topological polar surface area (TPSA) is 112 Å². The zero-order valence-electron chi connectivity index (χ0n) is 18.2. The lowest BCUT2D eigenvalue weighted by atomic mass is 9.99. The van der Waals surface area contributed by atoms with E-state index in [1.54, 1.807) is 6.20 Å². The molecule has 0 aliphatic rings. The van der Waals surface area contributed by atoms with Crippen LogP contribution in [0.25, 0.3) is 33.4 Å². The van der Waals surface area contributed by atoms with Crippen LogP contribution in [0, 0.1) is 6.92 Å². The van der Waals surface area contributed by atoms with Gasteiger partial charge in [0.2, 0.25) is 5.91 Å². The molecule has 0 fully saturated rings. The predicted octanol–water partition coefficient (Wildman–Crippen LogP) is 4.44. The Morgan fingerprint density at radius 1 is 1.09 bits per heavy atom. The van der Waals surface area contributed by atoms with E-state index in [2.05, 4.69) is 26.6 Å². The van der Waals surface area contributed by atoms with Crippen LogP contribution in [0.15, 0.2) is 79.1 Å². The molecule has 5 aromatic rings. The van der Waals surface area contributed by atoms with Crippen LogP contribution in [0.3, 0.4) is 0 Å². The summed E-state index contributed by atoms with van der Waals surface area (Å²) >= 11 is 0. The minimum Gasteiger partial charge on any atom is -0.372 e. The van der Waals surface area contributed by atoms with E-state index in [4.69, 9.17) is 10.7 Å². The van der Waals surface area contributed by atoms with Gasteiger partial charge in [0.05, 0.1) is 34.5 Å². The molecular weight excluding hydrogens is 412 g/mol. The lowest BCUT2D eigenvalue weighted by Gasteiger charge is -2.18. The van der Waals surface area contributed by atoms with Crippen molar-refractivity contribution in [3.05, 3.63) is 90.4 Å². The number of hydrogen-bond acceptors (Lipinski definition) is 4. The Kier molecular flexibility index (Phi) is 5.36. The lowest BCUT2D eigenvalue weighted by Crippen LogP contribution is -2.37. The van der Waals surface area contributed by atoms with Crippen molar-refractivity contribution in [3.63, 3.8) is 0 Å². The summed E-state index contributed by atoms with van der Waals surface area (Å²) in [5.41, 5.74) is 13.1. The summed E-state index contributed by atoms with van der Waals surface area (Å²) in [5, 5.41) is 11.7. The van der Waals surface area contributed by atoms with Gasteiger partial charge in [0.1, 0.15) is 6.04 Å². The van der Waals surface area contributed by atoms with Crippen LogP contribution in [0.1, 0.15) is 11.3 Å². The van der Waals surface area contributed by atoms with Crippen molar-refractivity contribution in [2.45, 2.75) is 19.4 Å². The fourth-order valence-electron chi connectivity index (χ4n) is 4.04. The number of hydrogen-bond donors (Lipinski definition) is 4. The van der Waals surface area contributed by atoms with E-state index in [1.807, 2.05) is 73.8 Å². The molecule has 0 saturated heterocycles. The third-order valence-corrected chi connectivity index (χ3v) is 5.77. The normalized spacial score (nSPS) is 12.0. The number of H-pyrrole nitrogens is 2. The molecule has 7 heteroatoms. The maximum Gasteiger partial charge on any atom is 0.240 e. The van der Waals surface area contributed by atoms with E-state index in [9.17, 15) is 4.79 Å². The van der Waals surface area contributed by atoms with Gasteiger partial charge < -0.3 is 16.0 Å². The molecule has 2 aromatic carbocycles. The summed E-state index contributed by atoms with van der Waals surface area (Å²) in [7, 11) is 0. The Balaban J connectivity index is 1.55. The second-order valence-corrected chi connectivity index (χ2v) is 8.06. The fraction of sp³-hybridized carbons (Fsp3) is 0.115. The highest BCUT2D eigenvalue weighted by Gasteiger charge is 2.18. The molecule has 0 radical (unpaired) electrons. The van der Waals surface area contributed by atoms with Crippen LogP contribution in [0.2, 0.25) is 0 Å². The highest BCUT2D eigenvalue weighted by atomic mass is 16.1. The van der Waals surface area contributed by atoms with E-state index in [1.165, 1.54) is 0 Å². The van der Waals surface area contributed by atoms with Crippen molar-refractivity contribution in [2.24, 2.45) is 5.73 Å². The molecule has 0 unspecified atom stereocenters. The van der Waals surface area contributed by atoms with Gasteiger partial charge in [0.15, 0.2) is 0 Å². The van der Waals surface area contributed by atoms with Gasteiger partial charge in [-0.1, -0.05) is 36.4 Å². The van der Waals surface area contributed by atoms with Crippen LogP contribution < -0.4 is 11.1 Å². The van der Waals surface area contributed by atoms with E-state index in [0.29, 0.717) is 6.42 Å².